The van der Waals surface area contributed by atoms with Crippen molar-refractivity contribution in [2.24, 2.45) is 0 Å². The number of halogens is 1. The van der Waals surface area contributed by atoms with Crippen molar-refractivity contribution < 1.29 is 14.2 Å². The number of likely N-dealkylation sites (N-methyl/N-ethyl adjacent to an activating group) is 1. The average Bonchev–Trinajstić information content (AvgIpc) is 2.72. The van der Waals surface area contributed by atoms with Crippen LogP contribution in [0.2, 0.25) is 0 Å². The van der Waals surface area contributed by atoms with Crippen molar-refractivity contribution in [1.82, 2.24) is 14.9 Å². The van der Waals surface area contributed by atoms with Gasteiger partial charge in [0.2, 0.25) is 0 Å². The van der Waals surface area contributed by atoms with E-state index in [1.807, 2.05) is 11.9 Å². The number of aliphatic hydroxyl groups is 1. The normalized spacial score (nSPS) is 13.3. The third-order valence-corrected chi connectivity index (χ3v) is 2.81. The van der Waals surface area contributed by atoms with E-state index in [2.05, 4.69) is 9.97 Å². The number of H-pyrrole nitrogens is 1. The predicted molar refractivity (Wildman–Crippen MR) is 70.3 cm³/mol. The van der Waals surface area contributed by atoms with Crippen molar-refractivity contribution in [2.75, 3.05) is 27.3 Å². The van der Waals surface area contributed by atoms with Crippen molar-refractivity contribution >= 4 is 11.0 Å². The van der Waals surface area contributed by atoms with E-state index in [4.69, 9.17) is 4.74 Å². The van der Waals surface area contributed by atoms with E-state index in [1.54, 1.807) is 19.2 Å². The molecule has 0 aliphatic heterocycles. The number of hydrogen-bond acceptors (Lipinski definition) is 4. The highest BCUT2D eigenvalue weighted by molar-refractivity contribution is 5.75. The van der Waals surface area contributed by atoms with Crippen LogP contribution in [0, 0.1) is 5.82 Å². The van der Waals surface area contributed by atoms with Gasteiger partial charge in [0.15, 0.2) is 5.82 Å². The van der Waals surface area contributed by atoms with Gasteiger partial charge in [0.05, 0.1) is 24.8 Å². The van der Waals surface area contributed by atoms with Crippen LogP contribution in [0.3, 0.4) is 0 Å². The lowest BCUT2D eigenvalue weighted by Gasteiger charge is -2.18. The summed E-state index contributed by atoms with van der Waals surface area (Å²) in [5.74, 6) is 0.342. The maximum absolute atomic E-state index is 13.5. The van der Waals surface area contributed by atoms with E-state index < -0.39 is 6.10 Å². The molecule has 5 nitrogen and oxygen atoms in total. The van der Waals surface area contributed by atoms with Gasteiger partial charge >= 0.3 is 0 Å². The van der Waals surface area contributed by atoms with E-state index in [1.165, 1.54) is 6.07 Å². The van der Waals surface area contributed by atoms with E-state index in [-0.39, 0.29) is 5.82 Å². The molecule has 0 spiro atoms. The van der Waals surface area contributed by atoms with Crippen molar-refractivity contribution in [3.8, 4) is 0 Å². The number of rotatable bonds is 6. The zero-order valence-electron chi connectivity index (χ0n) is 11.1. The summed E-state index contributed by atoms with van der Waals surface area (Å²) in [5.41, 5.74) is 1.03. The van der Waals surface area contributed by atoms with E-state index in [9.17, 15) is 9.50 Å². The molecular weight excluding hydrogens is 249 g/mol. The minimum absolute atomic E-state index is 0.291. The minimum atomic E-state index is -0.545. The molecule has 2 N–H and O–H groups in total. The first-order valence-electron chi connectivity index (χ1n) is 6.09. The summed E-state index contributed by atoms with van der Waals surface area (Å²) in [5, 5.41) is 9.62. The third-order valence-electron chi connectivity index (χ3n) is 2.81. The maximum atomic E-state index is 13.5. The standard InChI is InChI=1S/C13H18FN3O2/c1-17(6-9(18)8-19-2)7-12-15-11-5-3-4-10(14)13(11)16-12/h3-5,9,18H,6-8H2,1-2H3,(H,15,16). The summed E-state index contributed by atoms with van der Waals surface area (Å²) in [6.07, 6.45) is -0.545. The number of ether oxygens (including phenoxy) is 1. The summed E-state index contributed by atoms with van der Waals surface area (Å²) in [6.45, 7) is 1.27. The van der Waals surface area contributed by atoms with Gasteiger partial charge in [-0.3, -0.25) is 4.90 Å². The Morgan fingerprint density at radius 2 is 2.32 bits per heavy atom. The first-order chi connectivity index (χ1) is 9.10. The molecule has 1 unspecified atom stereocenters. The number of fused-ring (bicyclic) bond motifs is 1. The fourth-order valence-corrected chi connectivity index (χ4v) is 2.05. The lowest BCUT2D eigenvalue weighted by atomic mass is 10.3. The minimum Gasteiger partial charge on any atom is -0.389 e. The first kappa shape index (κ1) is 13.9. The topological polar surface area (TPSA) is 61.4 Å². The number of imidazole rings is 1. The fourth-order valence-electron chi connectivity index (χ4n) is 2.05. The lowest BCUT2D eigenvalue weighted by molar-refractivity contribution is 0.0415. The molecule has 0 aliphatic carbocycles. The molecular formula is C13H18FN3O2. The number of hydrogen-bond donors (Lipinski definition) is 2. The molecule has 0 radical (unpaired) electrons. The van der Waals surface area contributed by atoms with Crippen molar-refractivity contribution in [3.63, 3.8) is 0 Å². The quantitative estimate of drug-likeness (QED) is 0.824. The van der Waals surface area contributed by atoms with Crippen LogP contribution in [-0.2, 0) is 11.3 Å². The zero-order valence-corrected chi connectivity index (χ0v) is 11.1. The Balaban J connectivity index is 2.03. The van der Waals surface area contributed by atoms with Crippen LogP contribution in [0.4, 0.5) is 4.39 Å². The highest BCUT2D eigenvalue weighted by atomic mass is 19.1. The van der Waals surface area contributed by atoms with Gasteiger partial charge in [0, 0.05) is 13.7 Å². The van der Waals surface area contributed by atoms with Gasteiger partial charge in [0.25, 0.3) is 0 Å². The largest absolute Gasteiger partial charge is 0.389 e. The zero-order chi connectivity index (χ0) is 13.8. The summed E-state index contributed by atoms with van der Waals surface area (Å²) in [4.78, 5) is 9.19. The van der Waals surface area contributed by atoms with E-state index >= 15 is 0 Å². The highest BCUT2D eigenvalue weighted by Crippen LogP contribution is 2.15. The molecule has 6 heteroatoms. The van der Waals surface area contributed by atoms with Crippen LogP contribution in [-0.4, -0.2) is 53.4 Å². The molecule has 0 saturated carbocycles. The van der Waals surface area contributed by atoms with E-state index in [0.717, 1.165) is 0 Å². The molecule has 19 heavy (non-hydrogen) atoms. The molecule has 0 fully saturated rings. The van der Waals surface area contributed by atoms with Crippen molar-refractivity contribution in [3.05, 3.63) is 29.8 Å². The summed E-state index contributed by atoms with van der Waals surface area (Å²) in [6, 6.07) is 4.82. The fraction of sp³-hybridized carbons (Fsp3) is 0.462. The van der Waals surface area contributed by atoms with Gasteiger partial charge < -0.3 is 14.8 Å². The summed E-state index contributed by atoms with van der Waals surface area (Å²) < 4.78 is 18.4. The van der Waals surface area contributed by atoms with Crippen molar-refractivity contribution in [2.45, 2.75) is 12.6 Å². The molecule has 0 bridgehead atoms. The SMILES string of the molecule is COCC(O)CN(C)Cc1nc2c(F)cccc2[nH]1. The Hall–Kier alpha value is -1.50. The lowest BCUT2D eigenvalue weighted by Crippen LogP contribution is -2.31. The second-order valence-corrected chi connectivity index (χ2v) is 4.63. The molecule has 0 saturated heterocycles. The molecule has 0 aliphatic rings. The van der Waals surface area contributed by atoms with Gasteiger partial charge in [-0.05, 0) is 19.2 Å². The summed E-state index contributed by atoms with van der Waals surface area (Å²) in [7, 11) is 3.41. The maximum Gasteiger partial charge on any atom is 0.151 e. The van der Waals surface area contributed by atoms with Crippen LogP contribution < -0.4 is 0 Å². The van der Waals surface area contributed by atoms with Gasteiger partial charge in [-0.25, -0.2) is 9.37 Å². The summed E-state index contributed by atoms with van der Waals surface area (Å²) >= 11 is 0. The smallest absolute Gasteiger partial charge is 0.151 e. The molecule has 0 amide bonds. The number of aromatic nitrogens is 2. The molecule has 1 atom stereocenters. The predicted octanol–water partition coefficient (Wildman–Crippen LogP) is 1.14. The van der Waals surface area contributed by atoms with Crippen LogP contribution in [0.1, 0.15) is 5.82 Å². The number of nitrogens with zero attached hydrogens (tertiary/aromatic N) is 2. The number of para-hydroxylation sites is 1. The van der Waals surface area contributed by atoms with Crippen molar-refractivity contribution in [1.29, 1.82) is 0 Å². The number of nitrogens with one attached hydrogen (secondary N) is 1. The van der Waals surface area contributed by atoms with E-state index in [0.29, 0.717) is 36.6 Å². The molecule has 2 rings (SSSR count). The average molecular weight is 267 g/mol. The monoisotopic (exact) mass is 267 g/mol. The third kappa shape index (κ3) is 3.50. The van der Waals surface area contributed by atoms with Crippen LogP contribution in [0.25, 0.3) is 11.0 Å². The second-order valence-electron chi connectivity index (χ2n) is 4.63. The molecule has 1 aromatic carbocycles. The Morgan fingerprint density at radius 1 is 1.53 bits per heavy atom. The van der Waals surface area contributed by atoms with Gasteiger partial charge in [0.1, 0.15) is 11.3 Å². The van der Waals surface area contributed by atoms with Crippen LogP contribution in [0.15, 0.2) is 18.2 Å². The second kappa shape index (κ2) is 6.10. The molecule has 2 aromatic rings. The highest BCUT2D eigenvalue weighted by Gasteiger charge is 2.11. The number of aromatic amines is 1. The Bertz CT molecular complexity index is 544. The Kier molecular flexibility index (Phi) is 4.47. The Morgan fingerprint density at radius 3 is 3.00 bits per heavy atom. The Labute approximate surface area is 111 Å². The molecule has 1 aromatic heterocycles. The van der Waals surface area contributed by atoms with Crippen LogP contribution >= 0.6 is 0 Å². The number of aliphatic hydroxyl groups excluding tert-OH is 1. The van der Waals surface area contributed by atoms with Gasteiger partial charge in [-0.2, -0.15) is 0 Å². The molecule has 1 heterocycles. The van der Waals surface area contributed by atoms with Crippen LogP contribution in [0.5, 0.6) is 0 Å². The van der Waals surface area contributed by atoms with Gasteiger partial charge in [-0.1, -0.05) is 6.07 Å². The number of benzene rings is 1. The van der Waals surface area contributed by atoms with Gasteiger partial charge in [-0.15, -0.1) is 0 Å². The molecule has 104 valence electrons. The first-order valence-corrected chi connectivity index (χ1v) is 6.09. The number of methoxy groups -OCH3 is 1.